The molecule has 0 heterocycles. The summed E-state index contributed by atoms with van der Waals surface area (Å²) in [6.45, 7) is 8.99. The van der Waals surface area contributed by atoms with E-state index in [1.54, 1.807) is 11.8 Å². The molecule has 0 saturated heterocycles. The van der Waals surface area contributed by atoms with Crippen LogP contribution < -0.4 is 5.32 Å². The number of hydrogen-bond acceptors (Lipinski definition) is 3. The minimum absolute atomic E-state index is 0.525. The topological polar surface area (TPSA) is 32.3 Å². The van der Waals surface area contributed by atoms with E-state index in [2.05, 4.69) is 19.2 Å². The first kappa shape index (κ1) is 12.3. The lowest BCUT2D eigenvalue weighted by atomic mass is 10.2. The van der Waals surface area contributed by atoms with Crippen LogP contribution in [0.15, 0.2) is 0 Å². The minimum Gasteiger partial charge on any atom is -0.390 e. The van der Waals surface area contributed by atoms with Gasteiger partial charge in [-0.2, -0.15) is 11.8 Å². The number of aliphatic hydroxyl groups is 1. The Morgan fingerprint density at radius 3 is 2.42 bits per heavy atom. The highest BCUT2D eigenvalue weighted by atomic mass is 32.2. The molecule has 0 aromatic heterocycles. The van der Waals surface area contributed by atoms with E-state index in [0.29, 0.717) is 6.04 Å². The van der Waals surface area contributed by atoms with Gasteiger partial charge in [0.05, 0.1) is 5.60 Å². The van der Waals surface area contributed by atoms with Gasteiger partial charge in [-0.05, 0) is 13.8 Å². The van der Waals surface area contributed by atoms with Crippen molar-refractivity contribution in [3.05, 3.63) is 0 Å². The van der Waals surface area contributed by atoms with Crippen LogP contribution in [0.25, 0.3) is 0 Å². The van der Waals surface area contributed by atoms with Crippen LogP contribution in [0.2, 0.25) is 0 Å². The largest absolute Gasteiger partial charge is 0.390 e. The van der Waals surface area contributed by atoms with E-state index in [-0.39, 0.29) is 0 Å². The second kappa shape index (κ2) is 5.84. The Morgan fingerprint density at radius 2 is 2.00 bits per heavy atom. The van der Waals surface area contributed by atoms with Crippen LogP contribution in [0.5, 0.6) is 0 Å². The van der Waals surface area contributed by atoms with Gasteiger partial charge in [0.2, 0.25) is 0 Å². The van der Waals surface area contributed by atoms with E-state index in [1.165, 1.54) is 0 Å². The third-order valence-electron chi connectivity index (χ3n) is 1.25. The van der Waals surface area contributed by atoms with Crippen molar-refractivity contribution in [2.45, 2.75) is 39.3 Å². The second-order valence-electron chi connectivity index (χ2n) is 3.97. The van der Waals surface area contributed by atoms with Crippen molar-refractivity contribution in [1.82, 2.24) is 5.32 Å². The molecule has 0 fully saturated rings. The molecule has 0 rings (SSSR count). The summed E-state index contributed by atoms with van der Waals surface area (Å²) < 4.78 is 0. The van der Waals surface area contributed by atoms with Gasteiger partial charge in [0, 0.05) is 24.1 Å². The molecule has 0 aromatic carbocycles. The summed E-state index contributed by atoms with van der Waals surface area (Å²) in [5, 5.41) is 12.7. The molecule has 0 spiro atoms. The summed E-state index contributed by atoms with van der Waals surface area (Å²) in [5.74, 6) is 1.88. The van der Waals surface area contributed by atoms with Gasteiger partial charge in [0.15, 0.2) is 0 Å². The zero-order valence-corrected chi connectivity index (χ0v) is 9.37. The monoisotopic (exact) mass is 191 g/mol. The maximum absolute atomic E-state index is 9.38. The van der Waals surface area contributed by atoms with E-state index >= 15 is 0 Å². The van der Waals surface area contributed by atoms with Crippen LogP contribution in [0.4, 0.5) is 0 Å². The van der Waals surface area contributed by atoms with Crippen molar-refractivity contribution in [2.75, 3.05) is 18.1 Å². The average Bonchev–Trinajstić information content (AvgIpc) is 1.83. The van der Waals surface area contributed by atoms with Crippen LogP contribution in [-0.4, -0.2) is 34.8 Å². The minimum atomic E-state index is -0.525. The summed E-state index contributed by atoms with van der Waals surface area (Å²) in [7, 11) is 0. The Labute approximate surface area is 80.1 Å². The third-order valence-corrected chi connectivity index (χ3v) is 2.66. The van der Waals surface area contributed by atoms with E-state index in [9.17, 15) is 5.11 Å². The van der Waals surface area contributed by atoms with Gasteiger partial charge in [-0.25, -0.2) is 0 Å². The van der Waals surface area contributed by atoms with Crippen LogP contribution in [0.1, 0.15) is 27.7 Å². The molecule has 2 N–H and O–H groups in total. The van der Waals surface area contributed by atoms with E-state index in [1.807, 2.05) is 13.8 Å². The summed E-state index contributed by atoms with van der Waals surface area (Å²) >= 11 is 1.79. The molecule has 2 nitrogen and oxygen atoms in total. The van der Waals surface area contributed by atoms with Crippen molar-refractivity contribution in [3.8, 4) is 0 Å². The molecule has 0 unspecified atom stereocenters. The standard InChI is InChI=1S/C9H21NOS/c1-8(2)10-5-6-12-7-9(3,4)11/h8,10-11H,5-7H2,1-4H3. The maximum Gasteiger partial charge on any atom is 0.0681 e. The van der Waals surface area contributed by atoms with E-state index < -0.39 is 5.60 Å². The molecule has 0 aliphatic rings. The average molecular weight is 191 g/mol. The molecule has 0 radical (unpaired) electrons. The van der Waals surface area contributed by atoms with Gasteiger partial charge in [-0.15, -0.1) is 0 Å². The van der Waals surface area contributed by atoms with Crippen LogP contribution >= 0.6 is 11.8 Å². The normalized spacial score (nSPS) is 12.5. The third kappa shape index (κ3) is 10.3. The van der Waals surface area contributed by atoms with Crippen molar-refractivity contribution in [1.29, 1.82) is 0 Å². The number of thioether (sulfide) groups is 1. The Balaban J connectivity index is 3.12. The van der Waals surface area contributed by atoms with Crippen LogP contribution in [0, 0.1) is 0 Å². The first-order chi connectivity index (χ1) is 5.42. The lowest BCUT2D eigenvalue weighted by Crippen LogP contribution is -2.27. The van der Waals surface area contributed by atoms with Crippen molar-refractivity contribution in [2.24, 2.45) is 0 Å². The summed E-state index contributed by atoms with van der Waals surface area (Å²) in [6, 6.07) is 0.563. The molecule has 0 atom stereocenters. The van der Waals surface area contributed by atoms with Gasteiger partial charge in [0.25, 0.3) is 0 Å². The summed E-state index contributed by atoms with van der Waals surface area (Å²) in [6.07, 6.45) is 0. The van der Waals surface area contributed by atoms with E-state index in [0.717, 1.165) is 18.1 Å². The van der Waals surface area contributed by atoms with Gasteiger partial charge in [0.1, 0.15) is 0 Å². The van der Waals surface area contributed by atoms with Gasteiger partial charge < -0.3 is 10.4 Å². The number of nitrogens with one attached hydrogen (secondary N) is 1. The Hall–Kier alpha value is 0.270. The molecule has 3 heteroatoms. The molecule has 0 amide bonds. The zero-order valence-electron chi connectivity index (χ0n) is 8.55. The Morgan fingerprint density at radius 1 is 1.42 bits per heavy atom. The second-order valence-corrected chi connectivity index (χ2v) is 5.08. The lowest BCUT2D eigenvalue weighted by molar-refractivity contribution is 0.107. The number of hydrogen-bond donors (Lipinski definition) is 2. The predicted octanol–water partition coefficient (Wildman–Crippen LogP) is 1.49. The van der Waals surface area contributed by atoms with Crippen molar-refractivity contribution < 1.29 is 5.11 Å². The predicted molar refractivity (Wildman–Crippen MR) is 56.8 cm³/mol. The fourth-order valence-electron chi connectivity index (χ4n) is 0.742. The molecular formula is C9H21NOS. The summed E-state index contributed by atoms with van der Waals surface area (Å²) in [4.78, 5) is 0. The van der Waals surface area contributed by atoms with Crippen LogP contribution in [-0.2, 0) is 0 Å². The molecular weight excluding hydrogens is 170 g/mol. The molecule has 74 valence electrons. The Kier molecular flexibility index (Phi) is 5.97. The SMILES string of the molecule is CC(C)NCCSCC(C)(C)O. The highest BCUT2D eigenvalue weighted by Crippen LogP contribution is 2.10. The smallest absolute Gasteiger partial charge is 0.0681 e. The highest BCUT2D eigenvalue weighted by Gasteiger charge is 2.11. The summed E-state index contributed by atoms with van der Waals surface area (Å²) in [5.41, 5.74) is -0.525. The molecule has 0 aliphatic carbocycles. The lowest BCUT2D eigenvalue weighted by Gasteiger charge is -2.16. The van der Waals surface area contributed by atoms with Crippen molar-refractivity contribution >= 4 is 11.8 Å². The van der Waals surface area contributed by atoms with Gasteiger partial charge in [-0.1, -0.05) is 13.8 Å². The van der Waals surface area contributed by atoms with Crippen molar-refractivity contribution in [3.63, 3.8) is 0 Å². The Bertz CT molecular complexity index is 110. The molecule has 0 saturated carbocycles. The highest BCUT2D eigenvalue weighted by molar-refractivity contribution is 7.99. The van der Waals surface area contributed by atoms with E-state index in [4.69, 9.17) is 0 Å². The van der Waals surface area contributed by atoms with Gasteiger partial charge in [-0.3, -0.25) is 0 Å². The molecule has 0 aliphatic heterocycles. The number of rotatable bonds is 6. The first-order valence-electron chi connectivity index (χ1n) is 4.45. The fourth-order valence-corrected chi connectivity index (χ4v) is 1.65. The van der Waals surface area contributed by atoms with Gasteiger partial charge >= 0.3 is 0 Å². The first-order valence-corrected chi connectivity index (χ1v) is 5.61. The fraction of sp³-hybridized carbons (Fsp3) is 1.00. The molecule has 0 bridgehead atoms. The molecule has 12 heavy (non-hydrogen) atoms. The zero-order chi connectivity index (χ0) is 9.61. The maximum atomic E-state index is 9.38. The molecule has 0 aromatic rings. The van der Waals surface area contributed by atoms with Crippen LogP contribution in [0.3, 0.4) is 0 Å². The quantitative estimate of drug-likeness (QED) is 0.624.